The molecule has 1 saturated carbocycles. The van der Waals surface area contributed by atoms with Gasteiger partial charge in [0.05, 0.1) is 5.69 Å². The molecule has 1 aromatic heterocycles. The Morgan fingerprint density at radius 1 is 1.12 bits per heavy atom. The smallest absolute Gasteiger partial charge is 0.224 e. The van der Waals surface area contributed by atoms with Crippen molar-refractivity contribution in [2.24, 2.45) is 0 Å². The van der Waals surface area contributed by atoms with Crippen LogP contribution in [0, 0.1) is 11.6 Å². The zero-order valence-electron chi connectivity index (χ0n) is 14.5. The van der Waals surface area contributed by atoms with Crippen molar-refractivity contribution in [3.05, 3.63) is 41.6 Å². The van der Waals surface area contributed by atoms with Crippen molar-refractivity contribution < 1.29 is 8.78 Å². The molecule has 5 nitrogen and oxygen atoms in total. The summed E-state index contributed by atoms with van der Waals surface area (Å²) in [5.74, 6) is -0.138. The van der Waals surface area contributed by atoms with Crippen LogP contribution in [0.2, 0.25) is 0 Å². The molecular weight excluding hydrogens is 324 g/mol. The maximum absolute atomic E-state index is 13.4. The number of rotatable bonds is 8. The highest BCUT2D eigenvalue weighted by Gasteiger charge is 2.26. The molecule has 7 heteroatoms. The fourth-order valence-corrected chi connectivity index (χ4v) is 2.51. The van der Waals surface area contributed by atoms with Gasteiger partial charge in [0.25, 0.3) is 0 Å². The molecule has 0 aliphatic heterocycles. The summed E-state index contributed by atoms with van der Waals surface area (Å²) in [6, 6.07) is 5.59. The van der Waals surface area contributed by atoms with E-state index >= 15 is 0 Å². The van der Waals surface area contributed by atoms with E-state index in [9.17, 15) is 8.78 Å². The highest BCUT2D eigenvalue weighted by molar-refractivity contribution is 5.58. The molecule has 1 aromatic carbocycles. The van der Waals surface area contributed by atoms with Crippen LogP contribution in [0.15, 0.2) is 24.3 Å². The molecule has 1 fully saturated rings. The van der Waals surface area contributed by atoms with E-state index in [4.69, 9.17) is 0 Å². The molecule has 0 radical (unpaired) electrons. The molecule has 25 heavy (non-hydrogen) atoms. The Hall–Kier alpha value is -2.28. The topological polar surface area (TPSA) is 53.1 Å². The van der Waals surface area contributed by atoms with Gasteiger partial charge in [-0.05, 0) is 52.0 Å². The molecule has 1 aliphatic rings. The Labute approximate surface area is 146 Å². The molecule has 3 rings (SSSR count). The number of hydrogen-bond donors (Lipinski definition) is 2. The lowest BCUT2D eigenvalue weighted by Gasteiger charge is -2.12. The van der Waals surface area contributed by atoms with Gasteiger partial charge >= 0.3 is 0 Å². The predicted octanol–water partition coefficient (Wildman–Crippen LogP) is 3.74. The lowest BCUT2D eigenvalue weighted by molar-refractivity contribution is 0.405. The van der Waals surface area contributed by atoms with Crippen molar-refractivity contribution >= 4 is 17.5 Å². The number of halogens is 2. The summed E-state index contributed by atoms with van der Waals surface area (Å²) in [6.07, 6.45) is 3.24. The largest absolute Gasteiger partial charge is 0.354 e. The molecule has 0 bridgehead atoms. The number of nitrogens with zero attached hydrogens (tertiary/aromatic N) is 3. The minimum Gasteiger partial charge on any atom is -0.354 e. The second kappa shape index (κ2) is 7.74. The van der Waals surface area contributed by atoms with Crippen molar-refractivity contribution in [1.82, 2.24) is 14.9 Å². The van der Waals surface area contributed by atoms with Gasteiger partial charge in [0.15, 0.2) is 11.6 Å². The van der Waals surface area contributed by atoms with Gasteiger partial charge in [0.1, 0.15) is 5.82 Å². The van der Waals surface area contributed by atoms with Gasteiger partial charge in [-0.15, -0.1) is 0 Å². The average molecular weight is 347 g/mol. The van der Waals surface area contributed by atoms with Crippen molar-refractivity contribution in [3.63, 3.8) is 0 Å². The quantitative estimate of drug-likeness (QED) is 0.713. The van der Waals surface area contributed by atoms with Gasteiger partial charge < -0.3 is 15.5 Å². The van der Waals surface area contributed by atoms with Gasteiger partial charge in [-0.3, -0.25) is 0 Å². The number of benzene rings is 1. The fraction of sp³-hybridized carbons (Fsp3) is 0.444. The fourth-order valence-electron chi connectivity index (χ4n) is 2.51. The first-order chi connectivity index (χ1) is 12.0. The summed E-state index contributed by atoms with van der Waals surface area (Å²) in [5.41, 5.74) is 1.44. The zero-order valence-corrected chi connectivity index (χ0v) is 14.5. The van der Waals surface area contributed by atoms with Crippen molar-refractivity contribution in [2.45, 2.75) is 25.2 Å². The predicted molar refractivity (Wildman–Crippen MR) is 95.3 cm³/mol. The standard InChI is InChI=1S/C18H23F2N5/c1-25(2)9-3-8-21-18-23-16(12-4-5-12)11-17(24-18)22-13-6-7-14(19)15(20)10-13/h6-7,10-12H,3-5,8-9H2,1-2H3,(H2,21,22,23,24). The van der Waals surface area contributed by atoms with E-state index in [1.807, 2.05) is 20.2 Å². The van der Waals surface area contributed by atoms with Crippen molar-refractivity contribution in [1.29, 1.82) is 0 Å². The van der Waals surface area contributed by atoms with Crippen LogP contribution in [0.5, 0.6) is 0 Å². The first-order valence-corrected chi connectivity index (χ1v) is 8.51. The third kappa shape index (κ3) is 5.09. The Kier molecular flexibility index (Phi) is 5.43. The molecular formula is C18H23F2N5. The van der Waals surface area contributed by atoms with E-state index in [0.29, 0.717) is 23.4 Å². The first-order valence-electron chi connectivity index (χ1n) is 8.51. The lowest BCUT2D eigenvalue weighted by atomic mass is 10.2. The second-order valence-corrected chi connectivity index (χ2v) is 6.61. The number of hydrogen-bond acceptors (Lipinski definition) is 5. The lowest BCUT2D eigenvalue weighted by Crippen LogP contribution is -2.17. The molecule has 2 aromatic rings. The summed E-state index contributed by atoms with van der Waals surface area (Å²) in [5, 5.41) is 6.28. The summed E-state index contributed by atoms with van der Waals surface area (Å²) < 4.78 is 26.5. The third-order valence-corrected chi connectivity index (χ3v) is 4.00. The normalized spacial score (nSPS) is 14.0. The Bertz CT molecular complexity index is 731. The van der Waals surface area contributed by atoms with Crippen LogP contribution in [0.1, 0.15) is 30.9 Å². The van der Waals surface area contributed by atoms with Crippen molar-refractivity contribution in [2.75, 3.05) is 37.8 Å². The number of nitrogens with one attached hydrogen (secondary N) is 2. The van der Waals surface area contributed by atoms with E-state index in [1.165, 1.54) is 6.07 Å². The number of anilines is 3. The van der Waals surface area contributed by atoms with E-state index in [-0.39, 0.29) is 0 Å². The SMILES string of the molecule is CN(C)CCCNc1nc(Nc2ccc(F)c(F)c2)cc(C2CC2)n1. The molecule has 0 unspecified atom stereocenters. The third-order valence-electron chi connectivity index (χ3n) is 4.00. The van der Waals surface area contributed by atoms with Gasteiger partial charge in [-0.1, -0.05) is 0 Å². The van der Waals surface area contributed by atoms with Crippen LogP contribution in [0.3, 0.4) is 0 Å². The van der Waals surface area contributed by atoms with Crippen molar-refractivity contribution in [3.8, 4) is 0 Å². The minimum absolute atomic E-state index is 0.456. The average Bonchev–Trinajstić information content (AvgIpc) is 3.40. The highest BCUT2D eigenvalue weighted by Crippen LogP contribution is 2.40. The molecule has 1 aliphatic carbocycles. The maximum atomic E-state index is 13.4. The molecule has 1 heterocycles. The van der Waals surface area contributed by atoms with E-state index in [2.05, 4.69) is 25.5 Å². The summed E-state index contributed by atoms with van der Waals surface area (Å²) in [7, 11) is 4.07. The zero-order chi connectivity index (χ0) is 17.8. The van der Waals surface area contributed by atoms with Crippen LogP contribution in [0.4, 0.5) is 26.2 Å². The van der Waals surface area contributed by atoms with Crippen LogP contribution in [-0.4, -0.2) is 42.1 Å². The second-order valence-electron chi connectivity index (χ2n) is 6.61. The minimum atomic E-state index is -0.886. The van der Waals surface area contributed by atoms with Crippen LogP contribution in [-0.2, 0) is 0 Å². The molecule has 0 spiro atoms. The van der Waals surface area contributed by atoms with Crippen LogP contribution >= 0.6 is 0 Å². The molecule has 2 N–H and O–H groups in total. The molecule has 0 amide bonds. The van der Waals surface area contributed by atoms with Gasteiger partial charge in [-0.2, -0.15) is 4.98 Å². The highest BCUT2D eigenvalue weighted by atomic mass is 19.2. The van der Waals surface area contributed by atoms with Crippen LogP contribution < -0.4 is 10.6 Å². The van der Waals surface area contributed by atoms with Gasteiger partial charge in [-0.25, -0.2) is 13.8 Å². The van der Waals surface area contributed by atoms with Gasteiger partial charge in [0.2, 0.25) is 5.95 Å². The Morgan fingerprint density at radius 2 is 1.92 bits per heavy atom. The molecule has 0 atom stereocenters. The maximum Gasteiger partial charge on any atom is 0.224 e. The van der Waals surface area contributed by atoms with E-state index in [1.54, 1.807) is 0 Å². The van der Waals surface area contributed by atoms with Gasteiger partial charge in [0, 0.05) is 30.3 Å². The number of aromatic nitrogens is 2. The van der Waals surface area contributed by atoms with Crippen LogP contribution in [0.25, 0.3) is 0 Å². The summed E-state index contributed by atoms with van der Waals surface area (Å²) in [4.78, 5) is 11.1. The van der Waals surface area contributed by atoms with E-state index < -0.39 is 11.6 Å². The summed E-state index contributed by atoms with van der Waals surface area (Å²) in [6.45, 7) is 1.76. The molecule has 0 saturated heterocycles. The Balaban J connectivity index is 1.72. The summed E-state index contributed by atoms with van der Waals surface area (Å²) >= 11 is 0. The first kappa shape index (κ1) is 17.5. The monoisotopic (exact) mass is 347 g/mol. The molecule has 134 valence electrons. The van der Waals surface area contributed by atoms with E-state index in [0.717, 1.165) is 50.2 Å². The Morgan fingerprint density at radius 3 is 2.60 bits per heavy atom.